The second kappa shape index (κ2) is 16.6. The van der Waals surface area contributed by atoms with Crippen LogP contribution in [0.4, 0.5) is 0 Å². The molecule has 1 fully saturated rings. The Balaban J connectivity index is 1.40. The van der Waals surface area contributed by atoms with E-state index < -0.39 is 51.0 Å². The number of aliphatic hydroxyl groups is 1. The second-order valence-corrected chi connectivity index (χ2v) is 18.1. The summed E-state index contributed by atoms with van der Waals surface area (Å²) in [7, 11) is -1.54. The van der Waals surface area contributed by atoms with Gasteiger partial charge in [0.05, 0.1) is 24.8 Å². The fourth-order valence-corrected chi connectivity index (χ4v) is 11.2. The van der Waals surface area contributed by atoms with Crippen LogP contribution < -0.4 is 19.8 Å². The van der Waals surface area contributed by atoms with Gasteiger partial charge in [-0.25, -0.2) is 9.59 Å². The SMILES string of the molecule is COc1ccc(O[C@@H]2O[C@H](CO[Si](c3ccccc3)(c3ccccc3)C(C)(C)C)[C@H](O)[C@H](OC(=O)c3ccccc3)[C@H]2OC(=O)c2ccccc2)cc1. The molecule has 0 amide bonds. The van der Waals surface area contributed by atoms with Crippen molar-refractivity contribution in [1.29, 1.82) is 0 Å². The first-order chi connectivity index (χ1) is 25.6. The number of benzene rings is 5. The lowest BCUT2D eigenvalue weighted by Crippen LogP contribution is -2.68. The Morgan fingerprint density at radius 3 is 1.53 bits per heavy atom. The van der Waals surface area contributed by atoms with Crippen molar-refractivity contribution < 1.29 is 42.8 Å². The maximum absolute atomic E-state index is 13.6. The molecule has 0 unspecified atom stereocenters. The maximum atomic E-state index is 13.6. The zero-order valence-corrected chi connectivity index (χ0v) is 31.2. The minimum absolute atomic E-state index is 0.102. The molecular weight excluding hydrogens is 689 g/mol. The van der Waals surface area contributed by atoms with Gasteiger partial charge in [0, 0.05) is 0 Å². The van der Waals surface area contributed by atoms with Crippen molar-refractivity contribution in [3.8, 4) is 11.5 Å². The molecule has 9 nitrogen and oxygen atoms in total. The van der Waals surface area contributed by atoms with E-state index in [1.54, 1.807) is 92.0 Å². The Kier molecular flexibility index (Phi) is 11.7. The standard InChI is InChI=1S/C43H44O9Si/c1-43(2,3)53(34-21-13-7-14-22-34,35-23-15-8-16-24-35)48-29-36-37(44)38(51-40(45)30-17-9-5-10-18-30)39(52-41(46)31-19-11-6-12-20-31)42(50-36)49-33-27-25-32(47-4)26-28-33/h5-28,36-39,42,44H,29H2,1-4H3/t36-,37+,38+,39-,42-/m1/s1. The maximum Gasteiger partial charge on any atom is 0.338 e. The topological polar surface area (TPSA) is 110 Å². The van der Waals surface area contributed by atoms with E-state index in [1.165, 1.54) is 0 Å². The molecule has 10 heteroatoms. The molecule has 0 saturated carbocycles. The molecule has 5 atom stereocenters. The molecular formula is C43H44O9Si. The van der Waals surface area contributed by atoms with Crippen molar-refractivity contribution in [2.24, 2.45) is 0 Å². The second-order valence-electron chi connectivity index (χ2n) is 13.8. The molecule has 0 spiro atoms. The molecule has 5 aromatic carbocycles. The Morgan fingerprint density at radius 1 is 0.642 bits per heavy atom. The highest BCUT2D eigenvalue weighted by Crippen LogP contribution is 2.38. The number of ether oxygens (including phenoxy) is 5. The van der Waals surface area contributed by atoms with Crippen LogP contribution in [0.25, 0.3) is 0 Å². The fraction of sp³-hybridized carbons (Fsp3) is 0.256. The zero-order chi connectivity index (χ0) is 37.4. The molecule has 1 aliphatic heterocycles. The van der Waals surface area contributed by atoms with Crippen LogP contribution >= 0.6 is 0 Å². The molecule has 0 aliphatic carbocycles. The van der Waals surface area contributed by atoms with Gasteiger partial charge in [0.2, 0.25) is 12.4 Å². The van der Waals surface area contributed by atoms with Gasteiger partial charge in [-0.1, -0.05) is 118 Å². The summed E-state index contributed by atoms with van der Waals surface area (Å²) >= 11 is 0. The number of carbonyl (C=O) groups excluding carboxylic acids is 2. The molecule has 5 aromatic rings. The van der Waals surface area contributed by atoms with Gasteiger partial charge in [-0.05, 0) is 63.9 Å². The molecule has 6 rings (SSSR count). The average molecular weight is 733 g/mol. The molecule has 1 aliphatic rings. The molecule has 1 saturated heterocycles. The summed E-state index contributed by atoms with van der Waals surface area (Å²) in [5.74, 6) is -0.451. The van der Waals surface area contributed by atoms with E-state index in [-0.39, 0.29) is 22.8 Å². The number of hydrogen-bond acceptors (Lipinski definition) is 9. The molecule has 1 N–H and O–H groups in total. The van der Waals surface area contributed by atoms with Crippen LogP contribution in [0.15, 0.2) is 146 Å². The third-order valence-electron chi connectivity index (χ3n) is 9.32. The van der Waals surface area contributed by atoms with Crippen molar-refractivity contribution in [2.75, 3.05) is 13.7 Å². The molecule has 53 heavy (non-hydrogen) atoms. The Bertz CT molecular complexity index is 1880. The Hall–Kier alpha value is -5.26. The van der Waals surface area contributed by atoms with Crippen LogP contribution in [-0.4, -0.2) is 69.8 Å². The van der Waals surface area contributed by atoms with Gasteiger partial charge >= 0.3 is 11.9 Å². The minimum Gasteiger partial charge on any atom is -0.497 e. The molecule has 1 heterocycles. The third kappa shape index (κ3) is 8.37. The molecule has 0 bridgehead atoms. The van der Waals surface area contributed by atoms with Gasteiger partial charge < -0.3 is 33.2 Å². The first-order valence-electron chi connectivity index (χ1n) is 17.5. The van der Waals surface area contributed by atoms with E-state index in [0.717, 1.165) is 10.4 Å². The average Bonchev–Trinajstić information content (AvgIpc) is 3.19. The third-order valence-corrected chi connectivity index (χ3v) is 14.3. The van der Waals surface area contributed by atoms with Crippen LogP contribution in [0, 0.1) is 0 Å². The highest BCUT2D eigenvalue weighted by molar-refractivity contribution is 6.99. The van der Waals surface area contributed by atoms with Gasteiger partial charge in [0.25, 0.3) is 8.32 Å². The van der Waals surface area contributed by atoms with E-state index in [0.29, 0.717) is 11.5 Å². The number of hydrogen-bond donors (Lipinski definition) is 1. The predicted octanol–water partition coefficient (Wildman–Crippen LogP) is 6.19. The number of carbonyl (C=O) groups is 2. The van der Waals surface area contributed by atoms with Gasteiger partial charge in [-0.3, -0.25) is 0 Å². The lowest BCUT2D eigenvalue weighted by Gasteiger charge is -2.46. The largest absolute Gasteiger partial charge is 0.497 e. The highest BCUT2D eigenvalue weighted by atomic mass is 28.4. The van der Waals surface area contributed by atoms with Crippen molar-refractivity contribution in [2.45, 2.75) is 56.5 Å². The zero-order valence-electron chi connectivity index (χ0n) is 30.2. The summed E-state index contributed by atoms with van der Waals surface area (Å²) in [4.78, 5) is 27.2. The number of aliphatic hydroxyl groups excluding tert-OH is 1. The Labute approximate surface area is 311 Å². The summed E-state index contributed by atoms with van der Waals surface area (Å²) in [5, 5.41) is 13.8. The van der Waals surface area contributed by atoms with Crippen molar-refractivity contribution in [1.82, 2.24) is 0 Å². The summed E-state index contributed by atoms with van der Waals surface area (Å²) in [6.45, 7) is 6.35. The summed E-state index contributed by atoms with van der Waals surface area (Å²) in [5.41, 5.74) is 0.516. The lowest BCUT2D eigenvalue weighted by atomic mass is 9.98. The number of methoxy groups -OCH3 is 1. The van der Waals surface area contributed by atoms with Crippen LogP contribution in [-0.2, 0) is 18.6 Å². The minimum atomic E-state index is -3.10. The van der Waals surface area contributed by atoms with Gasteiger partial charge in [0.15, 0.2) is 6.10 Å². The summed E-state index contributed by atoms with van der Waals surface area (Å²) < 4.78 is 37.5. The normalized spacial score (nSPS) is 20.2. The molecule has 274 valence electrons. The first kappa shape index (κ1) is 37.5. The van der Waals surface area contributed by atoms with Crippen molar-refractivity contribution >= 4 is 30.6 Å². The van der Waals surface area contributed by atoms with Crippen LogP contribution in [0.1, 0.15) is 41.5 Å². The van der Waals surface area contributed by atoms with E-state index >= 15 is 0 Å². The van der Waals surface area contributed by atoms with Gasteiger partial charge in [-0.15, -0.1) is 0 Å². The highest BCUT2D eigenvalue weighted by Gasteiger charge is 2.54. The summed E-state index contributed by atoms with van der Waals surface area (Å²) in [6.07, 6.45) is -6.72. The quantitative estimate of drug-likeness (QED) is 0.119. The van der Waals surface area contributed by atoms with Gasteiger partial charge in [0.1, 0.15) is 23.7 Å². The Morgan fingerprint density at radius 2 is 1.08 bits per heavy atom. The van der Waals surface area contributed by atoms with Crippen molar-refractivity contribution in [3.05, 3.63) is 157 Å². The smallest absolute Gasteiger partial charge is 0.338 e. The predicted molar refractivity (Wildman–Crippen MR) is 203 cm³/mol. The van der Waals surface area contributed by atoms with Crippen molar-refractivity contribution in [3.63, 3.8) is 0 Å². The molecule has 0 aromatic heterocycles. The summed E-state index contributed by atoms with van der Waals surface area (Å²) in [6, 6.07) is 43.8. The van der Waals surface area contributed by atoms with E-state index in [1.807, 2.05) is 36.4 Å². The first-order valence-corrected chi connectivity index (χ1v) is 19.4. The van der Waals surface area contributed by atoms with E-state index in [9.17, 15) is 14.7 Å². The monoisotopic (exact) mass is 732 g/mol. The number of rotatable bonds is 12. The lowest BCUT2D eigenvalue weighted by molar-refractivity contribution is -0.275. The van der Waals surface area contributed by atoms with Crippen LogP contribution in [0.3, 0.4) is 0 Å². The van der Waals surface area contributed by atoms with E-state index in [2.05, 4.69) is 45.0 Å². The fourth-order valence-electron chi connectivity index (χ4n) is 6.67. The van der Waals surface area contributed by atoms with E-state index in [4.69, 9.17) is 28.1 Å². The molecule has 0 radical (unpaired) electrons. The number of esters is 2. The van der Waals surface area contributed by atoms with Gasteiger partial charge in [-0.2, -0.15) is 0 Å². The van der Waals surface area contributed by atoms with Crippen LogP contribution in [0.5, 0.6) is 11.5 Å². The van der Waals surface area contributed by atoms with Crippen LogP contribution in [0.2, 0.25) is 5.04 Å².